The molecule has 0 fully saturated rings. The highest BCUT2D eigenvalue weighted by Gasteiger charge is 2.16. The smallest absolute Gasteiger partial charge is 0.231 e. The summed E-state index contributed by atoms with van der Waals surface area (Å²) in [5, 5.41) is 17.8. The van der Waals surface area contributed by atoms with Gasteiger partial charge in [0, 0.05) is 12.1 Å². The second-order valence-electron chi connectivity index (χ2n) is 3.73. The number of benzene rings is 2. The molecule has 3 rings (SSSR count). The number of phenolic OH excluding ortho intramolecular Hbond substituents is 1. The second kappa shape index (κ2) is 4.37. The Bertz CT molecular complexity index is 597. The number of hydrogen-bond acceptors (Lipinski definition) is 5. The van der Waals surface area contributed by atoms with Gasteiger partial charge in [0.1, 0.15) is 11.4 Å². The normalized spacial score (nSPS) is 13.1. The molecule has 0 spiro atoms. The topological polar surface area (TPSA) is 63.4 Å². The number of nitrogens with zero attached hydrogens (tertiary/aromatic N) is 2. The van der Waals surface area contributed by atoms with Crippen LogP contribution in [0.25, 0.3) is 0 Å². The van der Waals surface area contributed by atoms with Crippen molar-refractivity contribution in [1.82, 2.24) is 0 Å². The van der Waals surface area contributed by atoms with Gasteiger partial charge in [0.2, 0.25) is 6.79 Å². The van der Waals surface area contributed by atoms with E-state index in [9.17, 15) is 5.11 Å². The van der Waals surface area contributed by atoms with Crippen molar-refractivity contribution >= 4 is 11.4 Å². The van der Waals surface area contributed by atoms with Gasteiger partial charge >= 0.3 is 0 Å². The van der Waals surface area contributed by atoms with Gasteiger partial charge in [0.25, 0.3) is 0 Å². The largest absolute Gasteiger partial charge is 0.505 e. The van der Waals surface area contributed by atoms with Crippen LogP contribution in [0.5, 0.6) is 17.2 Å². The Kier molecular flexibility index (Phi) is 2.57. The fraction of sp³-hybridized carbons (Fsp3) is 0.0769. The average molecular weight is 242 g/mol. The van der Waals surface area contributed by atoms with E-state index in [1.807, 2.05) is 30.3 Å². The minimum atomic E-state index is 0.0129. The van der Waals surface area contributed by atoms with Gasteiger partial charge < -0.3 is 14.6 Å². The van der Waals surface area contributed by atoms with Crippen LogP contribution in [0.1, 0.15) is 0 Å². The summed E-state index contributed by atoms with van der Waals surface area (Å²) in [6.45, 7) is 0.161. The molecular weight excluding hydrogens is 232 g/mol. The van der Waals surface area contributed by atoms with E-state index in [2.05, 4.69) is 10.2 Å². The molecule has 0 unspecified atom stereocenters. The molecule has 0 aromatic heterocycles. The van der Waals surface area contributed by atoms with Gasteiger partial charge in [-0.25, -0.2) is 0 Å². The molecule has 1 heterocycles. The van der Waals surface area contributed by atoms with Crippen LogP contribution >= 0.6 is 0 Å². The van der Waals surface area contributed by atoms with Crippen molar-refractivity contribution < 1.29 is 14.6 Å². The van der Waals surface area contributed by atoms with Crippen LogP contribution in [0.3, 0.4) is 0 Å². The van der Waals surface area contributed by atoms with Crippen molar-refractivity contribution in [2.75, 3.05) is 6.79 Å². The molecule has 0 radical (unpaired) electrons. The molecule has 5 nitrogen and oxygen atoms in total. The monoisotopic (exact) mass is 242 g/mol. The lowest BCUT2D eigenvalue weighted by Gasteiger charge is -2.00. The predicted octanol–water partition coefficient (Wildman–Crippen LogP) is 3.54. The first-order valence-electron chi connectivity index (χ1n) is 5.42. The number of phenols is 1. The van der Waals surface area contributed by atoms with Crippen LogP contribution < -0.4 is 9.47 Å². The molecule has 0 aliphatic carbocycles. The van der Waals surface area contributed by atoms with Gasteiger partial charge in [-0.05, 0) is 12.1 Å². The standard InChI is InChI=1S/C13H10N2O3/c16-11-7-13-12(17-8-18-13)6-10(11)15-14-9-4-2-1-3-5-9/h1-7,16H,8H2. The molecular formula is C13H10N2O3. The predicted molar refractivity (Wildman–Crippen MR) is 64.8 cm³/mol. The third-order valence-electron chi connectivity index (χ3n) is 2.50. The summed E-state index contributed by atoms with van der Waals surface area (Å²) in [4.78, 5) is 0. The zero-order chi connectivity index (χ0) is 12.4. The molecule has 2 aromatic rings. The van der Waals surface area contributed by atoms with E-state index in [-0.39, 0.29) is 12.5 Å². The summed E-state index contributed by atoms with van der Waals surface area (Å²) in [6.07, 6.45) is 0. The van der Waals surface area contributed by atoms with E-state index in [0.29, 0.717) is 17.2 Å². The highest BCUT2D eigenvalue weighted by molar-refractivity contribution is 5.61. The third kappa shape index (κ3) is 1.98. The Morgan fingerprint density at radius 2 is 1.67 bits per heavy atom. The Balaban J connectivity index is 1.91. The highest BCUT2D eigenvalue weighted by Crippen LogP contribution is 2.41. The lowest BCUT2D eigenvalue weighted by Crippen LogP contribution is -1.92. The van der Waals surface area contributed by atoms with Gasteiger partial charge in [-0.1, -0.05) is 18.2 Å². The van der Waals surface area contributed by atoms with Crippen LogP contribution in [0, 0.1) is 0 Å². The summed E-state index contributed by atoms with van der Waals surface area (Å²) in [6, 6.07) is 12.4. The summed E-state index contributed by atoms with van der Waals surface area (Å²) in [5.41, 5.74) is 1.07. The first-order chi connectivity index (χ1) is 8.83. The number of aromatic hydroxyl groups is 1. The number of azo groups is 1. The maximum atomic E-state index is 9.76. The Morgan fingerprint density at radius 3 is 2.44 bits per heavy atom. The maximum Gasteiger partial charge on any atom is 0.231 e. The minimum Gasteiger partial charge on any atom is -0.505 e. The van der Waals surface area contributed by atoms with E-state index in [1.165, 1.54) is 6.07 Å². The van der Waals surface area contributed by atoms with Crippen LogP contribution in [-0.2, 0) is 0 Å². The molecule has 2 aromatic carbocycles. The molecule has 90 valence electrons. The van der Waals surface area contributed by atoms with Crippen molar-refractivity contribution in [3.05, 3.63) is 42.5 Å². The summed E-state index contributed by atoms with van der Waals surface area (Å²) < 4.78 is 10.4. The van der Waals surface area contributed by atoms with E-state index in [1.54, 1.807) is 6.07 Å². The highest BCUT2D eigenvalue weighted by atomic mass is 16.7. The molecule has 0 atom stereocenters. The number of fused-ring (bicyclic) bond motifs is 1. The zero-order valence-corrected chi connectivity index (χ0v) is 9.41. The molecule has 0 amide bonds. The molecule has 0 bridgehead atoms. The molecule has 0 saturated heterocycles. The number of hydrogen-bond donors (Lipinski definition) is 1. The van der Waals surface area contributed by atoms with Crippen molar-refractivity contribution in [2.24, 2.45) is 10.2 Å². The van der Waals surface area contributed by atoms with Gasteiger partial charge in [-0.15, -0.1) is 5.11 Å². The molecule has 1 aliphatic rings. The van der Waals surface area contributed by atoms with Gasteiger partial charge in [0.05, 0.1) is 5.69 Å². The number of rotatable bonds is 2. The fourth-order valence-electron chi connectivity index (χ4n) is 1.61. The van der Waals surface area contributed by atoms with E-state index in [4.69, 9.17) is 9.47 Å². The van der Waals surface area contributed by atoms with E-state index in [0.717, 1.165) is 5.69 Å². The van der Waals surface area contributed by atoms with Crippen molar-refractivity contribution in [3.8, 4) is 17.2 Å². The lowest BCUT2D eigenvalue weighted by atomic mass is 10.2. The van der Waals surface area contributed by atoms with Crippen LogP contribution in [0.15, 0.2) is 52.7 Å². The van der Waals surface area contributed by atoms with Crippen LogP contribution in [0.2, 0.25) is 0 Å². The molecule has 1 aliphatic heterocycles. The lowest BCUT2D eigenvalue weighted by molar-refractivity contribution is 0.174. The zero-order valence-electron chi connectivity index (χ0n) is 9.41. The fourth-order valence-corrected chi connectivity index (χ4v) is 1.61. The van der Waals surface area contributed by atoms with Crippen molar-refractivity contribution in [3.63, 3.8) is 0 Å². The third-order valence-corrected chi connectivity index (χ3v) is 2.50. The molecule has 1 N–H and O–H groups in total. The first kappa shape index (κ1) is 10.6. The Hall–Kier alpha value is -2.56. The van der Waals surface area contributed by atoms with Crippen molar-refractivity contribution in [1.29, 1.82) is 0 Å². The second-order valence-corrected chi connectivity index (χ2v) is 3.73. The molecule has 18 heavy (non-hydrogen) atoms. The first-order valence-corrected chi connectivity index (χ1v) is 5.42. The maximum absolute atomic E-state index is 9.76. The Morgan fingerprint density at radius 1 is 0.944 bits per heavy atom. The minimum absolute atomic E-state index is 0.0129. The molecule has 0 saturated carbocycles. The number of ether oxygens (including phenoxy) is 2. The summed E-state index contributed by atoms with van der Waals surface area (Å²) in [5.74, 6) is 1.10. The van der Waals surface area contributed by atoms with Crippen LogP contribution in [-0.4, -0.2) is 11.9 Å². The average Bonchev–Trinajstić information content (AvgIpc) is 2.84. The summed E-state index contributed by atoms with van der Waals surface area (Å²) in [7, 11) is 0. The van der Waals surface area contributed by atoms with E-state index >= 15 is 0 Å². The molecule has 5 heteroatoms. The van der Waals surface area contributed by atoms with Gasteiger partial charge in [-0.3, -0.25) is 0 Å². The Labute approximate surface area is 103 Å². The van der Waals surface area contributed by atoms with Gasteiger partial charge in [-0.2, -0.15) is 5.11 Å². The summed E-state index contributed by atoms with van der Waals surface area (Å²) >= 11 is 0. The van der Waals surface area contributed by atoms with Crippen molar-refractivity contribution in [2.45, 2.75) is 0 Å². The van der Waals surface area contributed by atoms with E-state index < -0.39 is 0 Å². The van der Waals surface area contributed by atoms with Crippen LogP contribution in [0.4, 0.5) is 11.4 Å². The SMILES string of the molecule is Oc1cc2c(cc1N=Nc1ccccc1)OCO2. The quantitative estimate of drug-likeness (QED) is 0.819. The van der Waals surface area contributed by atoms with Gasteiger partial charge in [0.15, 0.2) is 11.5 Å².